The molecule has 0 aliphatic rings. The lowest BCUT2D eigenvalue weighted by Crippen LogP contribution is -2.49. The summed E-state index contributed by atoms with van der Waals surface area (Å²) in [4.78, 5) is 10.9. The molecule has 0 aromatic carbocycles. The van der Waals surface area contributed by atoms with Crippen LogP contribution in [-0.2, 0) is 40.5 Å². The molecular formula is C18H40O9Si2. The zero-order valence-corrected chi connectivity index (χ0v) is 21.3. The number of rotatable bonds is 16. The Morgan fingerprint density at radius 1 is 0.862 bits per heavy atom. The first kappa shape index (κ1) is 30.6. The van der Waals surface area contributed by atoms with Crippen molar-refractivity contribution >= 4 is 23.8 Å². The van der Waals surface area contributed by atoms with Gasteiger partial charge >= 0.3 is 23.8 Å². The highest BCUT2D eigenvalue weighted by Crippen LogP contribution is 2.17. The molecule has 9 nitrogen and oxygen atoms in total. The zero-order chi connectivity index (χ0) is 22.8. The van der Waals surface area contributed by atoms with Crippen LogP contribution < -0.4 is 0 Å². The van der Waals surface area contributed by atoms with Crippen LogP contribution in [-0.4, -0.2) is 77.7 Å². The Morgan fingerprint density at radius 2 is 1.24 bits per heavy atom. The molecule has 0 aliphatic carbocycles. The lowest BCUT2D eigenvalue weighted by molar-refractivity contribution is -0.142. The van der Waals surface area contributed by atoms with E-state index in [1.54, 1.807) is 21.3 Å². The molecule has 11 heteroatoms. The normalized spacial score (nSPS) is 12.7. The molecule has 174 valence electrons. The number of hydrogen-bond donors (Lipinski definition) is 0. The van der Waals surface area contributed by atoms with Crippen LogP contribution in [0.15, 0.2) is 12.7 Å². The maximum absolute atomic E-state index is 10.9. The van der Waals surface area contributed by atoms with Gasteiger partial charge in [0, 0.05) is 59.9 Å². The predicted octanol–water partition coefficient (Wildman–Crippen LogP) is 2.94. The first-order valence-electron chi connectivity index (χ1n) is 9.82. The molecule has 0 spiro atoms. The van der Waals surface area contributed by atoms with Crippen LogP contribution in [0.25, 0.3) is 0 Å². The molecule has 0 aliphatic heterocycles. The van der Waals surface area contributed by atoms with Gasteiger partial charge in [-0.1, -0.05) is 6.58 Å². The Bertz CT molecular complexity index is 382. The Hall–Kier alpha value is -0.636. The van der Waals surface area contributed by atoms with Gasteiger partial charge in [-0.2, -0.15) is 0 Å². The molecule has 0 N–H and O–H groups in total. The highest BCUT2D eigenvalue weighted by molar-refractivity contribution is 6.60. The zero-order valence-electron chi connectivity index (χ0n) is 19.3. The largest absolute Gasteiger partial charge is 0.679 e. The topological polar surface area (TPSA) is 90.9 Å². The Kier molecular flexibility index (Phi) is 19.1. The fraction of sp³-hybridized carbons (Fsp3) is 0.833. The summed E-state index contributed by atoms with van der Waals surface area (Å²) in [6, 6.07) is 0.599. The SMILES string of the molecule is C=CC(=O)OC(C)CC[Si](OC)(OC)OC.CCO[Si](OCC)(OCC)OCC. The van der Waals surface area contributed by atoms with Crippen LogP contribution in [0.3, 0.4) is 0 Å². The predicted molar refractivity (Wildman–Crippen MR) is 114 cm³/mol. The first-order chi connectivity index (χ1) is 13.8. The van der Waals surface area contributed by atoms with E-state index in [1.807, 2.05) is 34.6 Å². The highest BCUT2D eigenvalue weighted by atomic mass is 28.4. The van der Waals surface area contributed by atoms with E-state index < -0.39 is 23.8 Å². The van der Waals surface area contributed by atoms with Crippen molar-refractivity contribution in [2.45, 2.75) is 53.2 Å². The van der Waals surface area contributed by atoms with E-state index in [4.69, 9.17) is 35.7 Å². The third kappa shape index (κ3) is 13.3. The molecule has 1 unspecified atom stereocenters. The number of esters is 1. The maximum atomic E-state index is 10.9. The second-order valence-corrected chi connectivity index (χ2v) is 10.8. The van der Waals surface area contributed by atoms with Gasteiger partial charge in [-0.05, 0) is 41.0 Å². The van der Waals surface area contributed by atoms with Gasteiger partial charge in [-0.15, -0.1) is 0 Å². The van der Waals surface area contributed by atoms with Gasteiger partial charge in [0.2, 0.25) is 0 Å². The fourth-order valence-electron chi connectivity index (χ4n) is 2.20. The summed E-state index contributed by atoms with van der Waals surface area (Å²) >= 11 is 0. The van der Waals surface area contributed by atoms with Gasteiger partial charge in [0.15, 0.2) is 0 Å². The van der Waals surface area contributed by atoms with Crippen molar-refractivity contribution in [2.24, 2.45) is 0 Å². The van der Waals surface area contributed by atoms with Crippen LogP contribution in [0.2, 0.25) is 6.04 Å². The van der Waals surface area contributed by atoms with Gasteiger partial charge in [0.25, 0.3) is 0 Å². The Morgan fingerprint density at radius 3 is 1.52 bits per heavy atom. The molecule has 0 radical (unpaired) electrons. The van der Waals surface area contributed by atoms with Crippen molar-refractivity contribution in [3.8, 4) is 0 Å². The summed E-state index contributed by atoms with van der Waals surface area (Å²) in [6.45, 7) is 14.9. The molecule has 29 heavy (non-hydrogen) atoms. The summed E-state index contributed by atoms with van der Waals surface area (Å²) < 4.78 is 42.5. The molecule has 0 aromatic rings. The minimum absolute atomic E-state index is 0.210. The van der Waals surface area contributed by atoms with E-state index in [2.05, 4.69) is 6.58 Å². The van der Waals surface area contributed by atoms with Crippen molar-refractivity contribution in [3.63, 3.8) is 0 Å². The van der Waals surface area contributed by atoms with Gasteiger partial charge in [0.05, 0.1) is 6.10 Å². The summed E-state index contributed by atoms with van der Waals surface area (Å²) in [5.41, 5.74) is 0. The van der Waals surface area contributed by atoms with E-state index in [0.29, 0.717) is 38.9 Å². The second kappa shape index (κ2) is 18.2. The van der Waals surface area contributed by atoms with E-state index in [0.717, 1.165) is 6.08 Å². The molecule has 0 heterocycles. The molecule has 0 saturated heterocycles. The molecular weight excluding hydrogens is 416 g/mol. The summed E-state index contributed by atoms with van der Waals surface area (Å²) in [5.74, 6) is -0.424. The van der Waals surface area contributed by atoms with Crippen molar-refractivity contribution in [3.05, 3.63) is 12.7 Å². The van der Waals surface area contributed by atoms with E-state index >= 15 is 0 Å². The molecule has 0 bridgehead atoms. The highest BCUT2D eigenvalue weighted by Gasteiger charge is 2.44. The third-order valence-electron chi connectivity index (χ3n) is 3.56. The fourth-order valence-corrected chi connectivity index (χ4v) is 5.99. The standard InChI is InChI=1S/C10H20O5Si.C8H20O4Si/c1-6-10(11)15-9(2)7-8-16(12-3,13-4)14-5;1-5-9-13(10-6-2,11-7-3)12-8-4/h6,9H,1,7-8H2,2-5H3;5-8H2,1-4H3. The third-order valence-corrected chi connectivity index (χ3v) is 8.89. The average molecular weight is 457 g/mol. The second-order valence-electron chi connectivity index (χ2n) is 5.52. The number of carbonyl (C=O) groups is 1. The minimum atomic E-state index is -2.80. The Balaban J connectivity index is 0. The van der Waals surface area contributed by atoms with Crippen LogP contribution in [0.5, 0.6) is 0 Å². The van der Waals surface area contributed by atoms with Crippen molar-refractivity contribution in [1.29, 1.82) is 0 Å². The van der Waals surface area contributed by atoms with Crippen LogP contribution in [0, 0.1) is 0 Å². The molecule has 0 amide bonds. The minimum Gasteiger partial charge on any atom is -0.460 e. The van der Waals surface area contributed by atoms with Crippen molar-refractivity contribution in [1.82, 2.24) is 0 Å². The Labute approximate surface area is 178 Å². The smallest absolute Gasteiger partial charge is 0.460 e. The quantitative estimate of drug-likeness (QED) is 0.197. The van der Waals surface area contributed by atoms with Crippen LogP contribution >= 0.6 is 0 Å². The summed E-state index contributed by atoms with van der Waals surface area (Å²) in [5, 5.41) is 0. The molecule has 0 fully saturated rings. The summed E-state index contributed by atoms with van der Waals surface area (Å²) in [6.07, 6.45) is 1.56. The molecule has 0 aromatic heterocycles. The van der Waals surface area contributed by atoms with Crippen LogP contribution in [0.4, 0.5) is 0 Å². The number of ether oxygens (including phenoxy) is 1. The average Bonchev–Trinajstić information content (AvgIpc) is 2.70. The molecule has 1 atom stereocenters. The van der Waals surface area contributed by atoms with Gasteiger partial charge in [0.1, 0.15) is 0 Å². The number of hydrogen-bond acceptors (Lipinski definition) is 9. The van der Waals surface area contributed by atoms with Crippen LogP contribution in [0.1, 0.15) is 41.0 Å². The van der Waals surface area contributed by atoms with E-state index in [9.17, 15) is 4.79 Å². The van der Waals surface area contributed by atoms with Crippen molar-refractivity contribution < 1.29 is 40.5 Å². The lowest BCUT2D eigenvalue weighted by Gasteiger charge is -2.26. The van der Waals surface area contributed by atoms with Gasteiger partial charge in [-0.25, -0.2) is 4.79 Å². The molecule has 0 rings (SSSR count). The van der Waals surface area contributed by atoms with Gasteiger partial charge < -0.3 is 35.7 Å². The monoisotopic (exact) mass is 456 g/mol. The maximum Gasteiger partial charge on any atom is 0.679 e. The summed E-state index contributed by atoms with van der Waals surface area (Å²) in [7, 11) is -0.688. The van der Waals surface area contributed by atoms with Gasteiger partial charge in [-0.3, -0.25) is 0 Å². The van der Waals surface area contributed by atoms with E-state index in [1.165, 1.54) is 0 Å². The van der Waals surface area contributed by atoms with E-state index in [-0.39, 0.29) is 6.10 Å². The van der Waals surface area contributed by atoms with Crippen molar-refractivity contribution in [2.75, 3.05) is 47.8 Å². The number of carbonyl (C=O) groups excluding carboxylic acids is 1. The lowest BCUT2D eigenvalue weighted by atomic mass is 10.3. The first-order valence-corrected chi connectivity index (χ1v) is 13.4. The molecule has 0 saturated carbocycles.